The fraction of sp³-hybridized carbons (Fsp3) is 0.200. The fourth-order valence-electron chi connectivity index (χ4n) is 1.15. The highest BCUT2D eigenvalue weighted by atomic mass is 35.5. The first-order valence-electron chi connectivity index (χ1n) is 4.72. The van der Waals surface area contributed by atoms with Crippen molar-refractivity contribution in [2.24, 2.45) is 5.73 Å². The molecule has 0 amide bonds. The minimum Gasteiger partial charge on any atom is -0.411 e. The maximum Gasteiger partial charge on any atom is 0.276 e. The first-order chi connectivity index (χ1) is 7.79. The first-order valence-corrected chi connectivity index (χ1v) is 6.08. The van der Waals surface area contributed by atoms with Gasteiger partial charge in [-0.15, -0.1) is 10.2 Å². The number of halogens is 1. The maximum atomic E-state index is 5.87. The molecule has 6 heteroatoms. The predicted octanol–water partition coefficient (Wildman–Crippen LogP) is 2.44. The lowest BCUT2D eigenvalue weighted by Gasteiger charge is -1.94. The van der Waals surface area contributed by atoms with Crippen LogP contribution >= 0.6 is 23.4 Å². The molecule has 1 aromatic heterocycles. The molecular weight excluding hydrogens is 246 g/mol. The van der Waals surface area contributed by atoms with Gasteiger partial charge in [0.1, 0.15) is 0 Å². The second-order valence-corrected chi connectivity index (χ2v) is 4.50. The van der Waals surface area contributed by atoms with Crippen molar-refractivity contribution < 1.29 is 4.42 Å². The van der Waals surface area contributed by atoms with E-state index in [0.29, 0.717) is 22.7 Å². The number of hydrogen-bond donors (Lipinski definition) is 1. The van der Waals surface area contributed by atoms with Crippen LogP contribution in [0.3, 0.4) is 0 Å². The highest BCUT2D eigenvalue weighted by molar-refractivity contribution is 7.99. The lowest BCUT2D eigenvalue weighted by Crippen LogP contribution is -2.00. The van der Waals surface area contributed by atoms with Crippen LogP contribution in [0.5, 0.6) is 0 Å². The first kappa shape index (κ1) is 11.4. The van der Waals surface area contributed by atoms with Crippen molar-refractivity contribution in [3.8, 4) is 11.5 Å². The van der Waals surface area contributed by atoms with E-state index >= 15 is 0 Å². The molecule has 0 fully saturated rings. The number of benzene rings is 1. The molecule has 0 aliphatic rings. The zero-order chi connectivity index (χ0) is 11.4. The van der Waals surface area contributed by atoms with Crippen molar-refractivity contribution in [1.29, 1.82) is 0 Å². The number of nitrogens with zero attached hydrogens (tertiary/aromatic N) is 2. The molecule has 2 aromatic rings. The molecular formula is C10H10ClN3OS. The van der Waals surface area contributed by atoms with Gasteiger partial charge in [-0.3, -0.25) is 0 Å². The summed E-state index contributed by atoms with van der Waals surface area (Å²) in [7, 11) is 0. The van der Waals surface area contributed by atoms with E-state index in [-0.39, 0.29) is 0 Å². The summed E-state index contributed by atoms with van der Waals surface area (Å²) >= 11 is 7.32. The van der Waals surface area contributed by atoms with Crippen molar-refractivity contribution >= 4 is 23.4 Å². The Labute approximate surface area is 102 Å². The van der Waals surface area contributed by atoms with Crippen molar-refractivity contribution in [2.75, 3.05) is 12.3 Å². The summed E-state index contributed by atoms with van der Waals surface area (Å²) in [6.07, 6.45) is 0. The van der Waals surface area contributed by atoms with Crippen molar-refractivity contribution in [3.05, 3.63) is 29.3 Å². The summed E-state index contributed by atoms with van der Waals surface area (Å²) in [4.78, 5) is 0. The highest BCUT2D eigenvalue weighted by Crippen LogP contribution is 2.24. The topological polar surface area (TPSA) is 64.9 Å². The summed E-state index contributed by atoms with van der Waals surface area (Å²) in [5.74, 6) is 1.24. The molecule has 0 aliphatic carbocycles. The van der Waals surface area contributed by atoms with E-state index in [2.05, 4.69) is 10.2 Å². The van der Waals surface area contributed by atoms with Gasteiger partial charge in [0, 0.05) is 22.9 Å². The lowest BCUT2D eigenvalue weighted by atomic mass is 10.2. The SMILES string of the molecule is NCCSc1nnc(-c2cccc(Cl)c2)o1. The molecule has 0 saturated heterocycles. The van der Waals surface area contributed by atoms with Crippen LogP contribution in [0.1, 0.15) is 0 Å². The second kappa shape index (κ2) is 5.34. The van der Waals surface area contributed by atoms with Crippen LogP contribution in [0.2, 0.25) is 5.02 Å². The van der Waals surface area contributed by atoms with Gasteiger partial charge in [-0.2, -0.15) is 0 Å². The van der Waals surface area contributed by atoms with E-state index < -0.39 is 0 Å². The summed E-state index contributed by atoms with van der Waals surface area (Å²) in [6.45, 7) is 0.583. The third kappa shape index (κ3) is 2.75. The van der Waals surface area contributed by atoms with Crippen molar-refractivity contribution in [3.63, 3.8) is 0 Å². The quantitative estimate of drug-likeness (QED) is 0.850. The van der Waals surface area contributed by atoms with Crippen LogP contribution < -0.4 is 5.73 Å². The van der Waals surface area contributed by atoms with Gasteiger partial charge in [0.15, 0.2) is 0 Å². The van der Waals surface area contributed by atoms with E-state index in [1.807, 2.05) is 12.1 Å². The molecule has 2 rings (SSSR count). The van der Waals surface area contributed by atoms with Gasteiger partial charge in [-0.1, -0.05) is 29.4 Å². The standard InChI is InChI=1S/C10H10ClN3OS/c11-8-3-1-2-7(6-8)9-13-14-10(15-9)16-5-4-12/h1-3,6H,4-5,12H2. The summed E-state index contributed by atoms with van der Waals surface area (Å²) < 4.78 is 5.45. The van der Waals surface area contributed by atoms with Gasteiger partial charge < -0.3 is 10.2 Å². The molecule has 0 saturated carbocycles. The number of thioether (sulfide) groups is 1. The molecule has 0 unspecified atom stereocenters. The van der Waals surface area contributed by atoms with Crippen LogP contribution in [0.15, 0.2) is 33.9 Å². The molecule has 16 heavy (non-hydrogen) atoms. The smallest absolute Gasteiger partial charge is 0.276 e. The Hall–Kier alpha value is -1.04. The molecule has 84 valence electrons. The Morgan fingerprint density at radius 2 is 2.25 bits per heavy atom. The summed E-state index contributed by atoms with van der Waals surface area (Å²) in [5.41, 5.74) is 6.21. The van der Waals surface area contributed by atoms with Crippen LogP contribution in [0.4, 0.5) is 0 Å². The summed E-state index contributed by atoms with van der Waals surface area (Å²) in [6, 6.07) is 7.29. The number of nitrogens with two attached hydrogens (primary N) is 1. The maximum absolute atomic E-state index is 5.87. The third-order valence-electron chi connectivity index (χ3n) is 1.82. The zero-order valence-corrected chi connectivity index (χ0v) is 9.96. The average molecular weight is 256 g/mol. The van der Waals surface area contributed by atoms with Gasteiger partial charge in [-0.25, -0.2) is 0 Å². The Bertz CT molecular complexity index is 475. The molecule has 2 N–H and O–H groups in total. The molecule has 0 atom stereocenters. The Morgan fingerprint density at radius 3 is 3.00 bits per heavy atom. The van der Waals surface area contributed by atoms with Crippen LogP contribution in [-0.4, -0.2) is 22.5 Å². The molecule has 1 aromatic carbocycles. The third-order valence-corrected chi connectivity index (χ3v) is 2.91. The molecule has 0 radical (unpaired) electrons. The second-order valence-electron chi connectivity index (χ2n) is 3.02. The Balaban J connectivity index is 2.18. The van der Waals surface area contributed by atoms with Crippen LogP contribution in [-0.2, 0) is 0 Å². The van der Waals surface area contributed by atoms with Crippen LogP contribution in [0, 0.1) is 0 Å². The van der Waals surface area contributed by atoms with Crippen molar-refractivity contribution in [1.82, 2.24) is 10.2 Å². The molecule has 0 spiro atoms. The minimum absolute atomic E-state index is 0.474. The van der Waals surface area contributed by atoms with Gasteiger partial charge in [-0.05, 0) is 18.2 Å². The summed E-state index contributed by atoms with van der Waals surface area (Å²) in [5, 5.41) is 9.02. The van der Waals surface area contributed by atoms with Crippen LogP contribution in [0.25, 0.3) is 11.5 Å². The fourth-order valence-corrected chi connectivity index (χ4v) is 1.87. The molecule has 0 aliphatic heterocycles. The zero-order valence-electron chi connectivity index (χ0n) is 8.39. The van der Waals surface area contributed by atoms with E-state index in [1.54, 1.807) is 12.1 Å². The average Bonchev–Trinajstić information content (AvgIpc) is 2.75. The van der Waals surface area contributed by atoms with Gasteiger partial charge in [0.05, 0.1) is 0 Å². The number of aromatic nitrogens is 2. The molecule has 0 bridgehead atoms. The van der Waals surface area contributed by atoms with Gasteiger partial charge >= 0.3 is 0 Å². The highest BCUT2D eigenvalue weighted by Gasteiger charge is 2.08. The van der Waals surface area contributed by atoms with E-state index in [1.165, 1.54) is 11.8 Å². The molecule has 1 heterocycles. The van der Waals surface area contributed by atoms with E-state index in [0.717, 1.165) is 11.3 Å². The van der Waals surface area contributed by atoms with Gasteiger partial charge in [0.25, 0.3) is 5.22 Å². The minimum atomic E-state index is 0.474. The molecule has 4 nitrogen and oxygen atoms in total. The number of hydrogen-bond acceptors (Lipinski definition) is 5. The van der Waals surface area contributed by atoms with E-state index in [4.69, 9.17) is 21.8 Å². The number of rotatable bonds is 4. The normalized spacial score (nSPS) is 10.6. The van der Waals surface area contributed by atoms with Crippen molar-refractivity contribution in [2.45, 2.75) is 5.22 Å². The Morgan fingerprint density at radius 1 is 1.38 bits per heavy atom. The monoisotopic (exact) mass is 255 g/mol. The predicted molar refractivity (Wildman–Crippen MR) is 64.5 cm³/mol. The van der Waals surface area contributed by atoms with Gasteiger partial charge in [0.2, 0.25) is 5.89 Å². The largest absolute Gasteiger partial charge is 0.411 e. The van der Waals surface area contributed by atoms with E-state index in [9.17, 15) is 0 Å². The Kier molecular flexibility index (Phi) is 3.82. The lowest BCUT2D eigenvalue weighted by molar-refractivity contribution is 0.466.